The molecule has 2 N–H and O–H groups in total. The molecule has 0 atom stereocenters. The van der Waals surface area contributed by atoms with Crippen molar-refractivity contribution in [1.29, 1.82) is 0 Å². The highest BCUT2D eigenvalue weighted by Crippen LogP contribution is 2.24. The van der Waals surface area contributed by atoms with E-state index >= 15 is 0 Å². The molecule has 0 unspecified atom stereocenters. The minimum Gasteiger partial charge on any atom is -0.494 e. The molecule has 84 valence electrons. The summed E-state index contributed by atoms with van der Waals surface area (Å²) in [6.07, 6.45) is 0.741. The lowest BCUT2D eigenvalue weighted by molar-refractivity contribution is 0.411. The number of hydrogen-bond donors (Lipinski definition) is 1. The van der Waals surface area contributed by atoms with Crippen molar-refractivity contribution in [2.24, 2.45) is 0 Å². The Morgan fingerprint density at radius 2 is 2.25 bits per heavy atom. The van der Waals surface area contributed by atoms with Gasteiger partial charge in [-0.15, -0.1) is 5.10 Å². The second-order valence-corrected chi connectivity index (χ2v) is 3.29. The Bertz CT molecular complexity index is 494. The smallest absolute Gasteiger partial charge is 0.156 e. The third kappa shape index (κ3) is 1.69. The van der Waals surface area contributed by atoms with Crippen LogP contribution in [0, 0.1) is 0 Å². The van der Waals surface area contributed by atoms with Gasteiger partial charge in [-0.2, -0.15) is 4.68 Å². The van der Waals surface area contributed by atoms with E-state index in [1.165, 1.54) is 0 Å². The van der Waals surface area contributed by atoms with Crippen molar-refractivity contribution in [2.75, 3.05) is 12.8 Å². The van der Waals surface area contributed by atoms with Crippen LogP contribution in [-0.4, -0.2) is 27.3 Å². The summed E-state index contributed by atoms with van der Waals surface area (Å²) in [5.41, 5.74) is 7.14. The van der Waals surface area contributed by atoms with Crippen LogP contribution in [0.2, 0.25) is 0 Å². The number of rotatable bonds is 3. The predicted molar refractivity (Wildman–Crippen MR) is 59.5 cm³/mol. The normalized spacial score (nSPS) is 10.4. The molecular formula is C10H13N5O. The molecule has 6 heteroatoms. The third-order valence-corrected chi connectivity index (χ3v) is 2.28. The van der Waals surface area contributed by atoms with Gasteiger partial charge in [0.05, 0.1) is 7.11 Å². The van der Waals surface area contributed by atoms with E-state index in [1.807, 2.05) is 6.92 Å². The summed E-state index contributed by atoms with van der Waals surface area (Å²) in [4.78, 5) is 0. The number of nitrogen functional groups attached to an aromatic ring is 1. The number of ether oxygens (including phenoxy) is 1. The number of aromatic nitrogens is 4. The summed E-state index contributed by atoms with van der Waals surface area (Å²) in [5, 5.41) is 11.5. The zero-order valence-electron chi connectivity index (χ0n) is 9.21. The molecule has 16 heavy (non-hydrogen) atoms. The van der Waals surface area contributed by atoms with Crippen LogP contribution in [0.15, 0.2) is 18.2 Å². The molecule has 0 bridgehead atoms. The number of methoxy groups -OCH3 is 1. The van der Waals surface area contributed by atoms with Gasteiger partial charge >= 0.3 is 0 Å². The molecule has 1 heterocycles. The average Bonchev–Trinajstić information content (AvgIpc) is 2.76. The van der Waals surface area contributed by atoms with Gasteiger partial charge in [-0.1, -0.05) is 6.92 Å². The molecule has 0 saturated heterocycles. The SMILES string of the molecule is CCc1nnnn1-c1cc(N)ccc1OC. The van der Waals surface area contributed by atoms with E-state index < -0.39 is 0 Å². The van der Waals surface area contributed by atoms with Gasteiger partial charge in [0.15, 0.2) is 5.82 Å². The fourth-order valence-electron chi connectivity index (χ4n) is 1.49. The third-order valence-electron chi connectivity index (χ3n) is 2.28. The molecule has 0 radical (unpaired) electrons. The van der Waals surface area contributed by atoms with Gasteiger partial charge in [0.25, 0.3) is 0 Å². The first-order chi connectivity index (χ1) is 7.76. The highest BCUT2D eigenvalue weighted by molar-refractivity contribution is 5.56. The van der Waals surface area contributed by atoms with Crippen LogP contribution < -0.4 is 10.5 Å². The molecule has 0 spiro atoms. The number of nitrogens with two attached hydrogens (primary N) is 1. The lowest BCUT2D eigenvalue weighted by atomic mass is 10.2. The largest absolute Gasteiger partial charge is 0.494 e. The van der Waals surface area contributed by atoms with Crippen LogP contribution in [-0.2, 0) is 6.42 Å². The number of aryl methyl sites for hydroxylation is 1. The number of nitrogens with zero attached hydrogens (tertiary/aromatic N) is 4. The van der Waals surface area contributed by atoms with Gasteiger partial charge in [0.1, 0.15) is 11.4 Å². The summed E-state index contributed by atoms with van der Waals surface area (Å²) in [7, 11) is 1.60. The highest BCUT2D eigenvalue weighted by atomic mass is 16.5. The van der Waals surface area contributed by atoms with Crippen LogP contribution in [0.5, 0.6) is 5.75 Å². The number of anilines is 1. The molecule has 2 aromatic rings. The lowest BCUT2D eigenvalue weighted by Crippen LogP contribution is -2.05. The Morgan fingerprint density at radius 1 is 1.44 bits per heavy atom. The molecule has 0 aliphatic rings. The maximum Gasteiger partial charge on any atom is 0.156 e. The Hall–Kier alpha value is -2.11. The molecule has 0 fully saturated rings. The van der Waals surface area contributed by atoms with Gasteiger partial charge in [0.2, 0.25) is 0 Å². The molecular weight excluding hydrogens is 206 g/mol. The molecule has 1 aromatic carbocycles. The first kappa shape index (κ1) is 10.4. The number of hydrogen-bond acceptors (Lipinski definition) is 5. The first-order valence-corrected chi connectivity index (χ1v) is 4.97. The van der Waals surface area contributed by atoms with E-state index in [0.717, 1.165) is 17.9 Å². The van der Waals surface area contributed by atoms with Crippen molar-refractivity contribution in [1.82, 2.24) is 20.2 Å². The van der Waals surface area contributed by atoms with Crippen LogP contribution in [0.25, 0.3) is 5.69 Å². The van der Waals surface area contributed by atoms with E-state index in [1.54, 1.807) is 30.0 Å². The zero-order chi connectivity index (χ0) is 11.5. The maximum absolute atomic E-state index is 5.74. The molecule has 0 saturated carbocycles. The van der Waals surface area contributed by atoms with Crippen molar-refractivity contribution in [2.45, 2.75) is 13.3 Å². The summed E-state index contributed by atoms with van der Waals surface area (Å²) < 4.78 is 6.89. The molecule has 6 nitrogen and oxygen atoms in total. The summed E-state index contributed by atoms with van der Waals surface area (Å²) in [6.45, 7) is 1.99. The fourth-order valence-corrected chi connectivity index (χ4v) is 1.49. The molecule has 0 amide bonds. The molecule has 0 aliphatic carbocycles. The zero-order valence-corrected chi connectivity index (χ0v) is 9.21. The fraction of sp³-hybridized carbons (Fsp3) is 0.300. The van der Waals surface area contributed by atoms with E-state index in [-0.39, 0.29) is 0 Å². The van der Waals surface area contributed by atoms with Gasteiger partial charge < -0.3 is 10.5 Å². The summed E-state index contributed by atoms with van der Waals surface area (Å²) in [6, 6.07) is 5.36. The number of tetrazole rings is 1. The second kappa shape index (κ2) is 4.18. The van der Waals surface area contributed by atoms with Gasteiger partial charge in [-0.05, 0) is 28.6 Å². The van der Waals surface area contributed by atoms with Crippen molar-refractivity contribution in [3.05, 3.63) is 24.0 Å². The van der Waals surface area contributed by atoms with Crippen LogP contribution in [0.1, 0.15) is 12.7 Å². The van der Waals surface area contributed by atoms with E-state index in [9.17, 15) is 0 Å². The van der Waals surface area contributed by atoms with Crippen LogP contribution in [0.3, 0.4) is 0 Å². The summed E-state index contributed by atoms with van der Waals surface area (Å²) >= 11 is 0. The average molecular weight is 219 g/mol. The van der Waals surface area contributed by atoms with Crippen molar-refractivity contribution in [3.8, 4) is 11.4 Å². The lowest BCUT2D eigenvalue weighted by Gasteiger charge is -2.09. The summed E-state index contributed by atoms with van der Waals surface area (Å²) in [5.74, 6) is 1.46. The topological polar surface area (TPSA) is 78.9 Å². The predicted octanol–water partition coefficient (Wildman–Crippen LogP) is 0.815. The van der Waals surface area contributed by atoms with Crippen molar-refractivity contribution >= 4 is 5.69 Å². The van der Waals surface area contributed by atoms with Crippen LogP contribution in [0.4, 0.5) is 5.69 Å². The van der Waals surface area contributed by atoms with Gasteiger partial charge in [0, 0.05) is 12.1 Å². The standard InChI is InChI=1S/C10H13N5O/c1-3-10-12-13-14-15(10)8-6-7(11)4-5-9(8)16-2/h4-6H,3,11H2,1-2H3. The van der Waals surface area contributed by atoms with Crippen molar-refractivity contribution < 1.29 is 4.74 Å². The molecule has 1 aromatic heterocycles. The monoisotopic (exact) mass is 219 g/mol. The van der Waals surface area contributed by atoms with Crippen molar-refractivity contribution in [3.63, 3.8) is 0 Å². The Morgan fingerprint density at radius 3 is 2.94 bits per heavy atom. The maximum atomic E-state index is 5.74. The van der Waals surface area contributed by atoms with E-state index in [2.05, 4.69) is 15.5 Å². The van der Waals surface area contributed by atoms with Gasteiger partial charge in [-0.3, -0.25) is 0 Å². The van der Waals surface area contributed by atoms with E-state index in [4.69, 9.17) is 10.5 Å². The highest BCUT2D eigenvalue weighted by Gasteiger charge is 2.11. The first-order valence-electron chi connectivity index (χ1n) is 4.97. The quantitative estimate of drug-likeness (QED) is 0.773. The number of benzene rings is 1. The molecule has 0 aliphatic heterocycles. The van der Waals surface area contributed by atoms with Crippen LogP contribution >= 0.6 is 0 Å². The Kier molecular flexibility index (Phi) is 2.72. The minimum absolute atomic E-state index is 0.647. The Labute approximate surface area is 93.0 Å². The Balaban J connectivity index is 2.58. The molecule has 2 rings (SSSR count). The van der Waals surface area contributed by atoms with E-state index in [0.29, 0.717) is 11.4 Å². The second-order valence-electron chi connectivity index (χ2n) is 3.29. The minimum atomic E-state index is 0.647. The van der Waals surface area contributed by atoms with Gasteiger partial charge in [-0.25, -0.2) is 0 Å².